The van der Waals surface area contributed by atoms with Crippen molar-refractivity contribution in [3.63, 3.8) is 0 Å². The van der Waals surface area contributed by atoms with Crippen LogP contribution in [0, 0.1) is 0 Å². The van der Waals surface area contributed by atoms with Crippen molar-refractivity contribution < 1.29 is 9.59 Å². The van der Waals surface area contributed by atoms with Crippen LogP contribution < -0.4 is 0 Å². The van der Waals surface area contributed by atoms with Crippen molar-refractivity contribution in [3.05, 3.63) is 12.2 Å². The maximum Gasteiger partial charge on any atom is 0.182 e. The molecule has 0 aliphatic rings. The third-order valence-corrected chi connectivity index (χ3v) is 2.09. The lowest BCUT2D eigenvalue weighted by molar-refractivity contribution is -0.107. The van der Waals surface area contributed by atoms with Gasteiger partial charge in [-0.05, 0) is 19.3 Å². The monoisotopic (exact) mass is 211 g/mol. The molecule has 0 saturated carbocycles. The molecule has 0 bridgehead atoms. The Morgan fingerprint density at radius 2 is 1.47 bits per heavy atom. The van der Waals surface area contributed by atoms with E-state index in [0.717, 1.165) is 12.7 Å². The van der Waals surface area contributed by atoms with Crippen molar-refractivity contribution in [2.24, 2.45) is 0 Å². The van der Waals surface area contributed by atoms with E-state index in [1.54, 1.807) is 0 Å². The molecule has 0 N–H and O–H groups in total. The number of rotatable bonds is 9. The summed E-state index contributed by atoms with van der Waals surface area (Å²) >= 11 is 0. The summed E-state index contributed by atoms with van der Waals surface area (Å²) in [6, 6.07) is 0. The van der Waals surface area contributed by atoms with Crippen molar-refractivity contribution in [2.45, 2.75) is 58.3 Å². The fraction of sp³-hybridized carbons (Fsp3) is 0.692. The van der Waals surface area contributed by atoms with Crippen LogP contribution in [0.25, 0.3) is 0 Å². The van der Waals surface area contributed by atoms with Gasteiger partial charge in [0.1, 0.15) is 6.29 Å². The van der Waals surface area contributed by atoms with E-state index in [0.29, 0.717) is 6.42 Å². The van der Waals surface area contributed by atoms with E-state index >= 15 is 0 Å². The van der Waals surface area contributed by atoms with Gasteiger partial charge in [0.15, 0.2) is 6.79 Å². The highest BCUT2D eigenvalue weighted by Crippen LogP contribution is 2.05. The minimum atomic E-state index is 0.673. The third-order valence-electron chi connectivity index (χ3n) is 2.09. The molecule has 0 fully saturated rings. The number of carbonyl (C=O) groups is 1. The summed E-state index contributed by atoms with van der Waals surface area (Å²) < 4.78 is 0. The van der Waals surface area contributed by atoms with Gasteiger partial charge in [-0.1, -0.05) is 44.8 Å². The van der Waals surface area contributed by atoms with E-state index in [1.165, 1.54) is 38.5 Å². The molecule has 2 heteroatoms. The van der Waals surface area contributed by atoms with E-state index in [9.17, 15) is 4.79 Å². The van der Waals surface area contributed by atoms with Crippen molar-refractivity contribution >= 4 is 13.1 Å². The zero-order valence-corrected chi connectivity index (χ0v) is 9.78. The largest absolute Gasteiger partial charge is 0.303 e. The van der Waals surface area contributed by atoms with Gasteiger partial charge in [-0.25, -0.2) is 0 Å². The van der Waals surface area contributed by atoms with Crippen LogP contribution in [-0.4, -0.2) is 13.1 Å². The predicted octanol–water partition coefficient (Wildman–Crippen LogP) is 3.61. The summed E-state index contributed by atoms with van der Waals surface area (Å²) in [5.74, 6) is 0. The molecule has 2 nitrogen and oxygen atoms in total. The van der Waals surface area contributed by atoms with Crippen molar-refractivity contribution in [2.75, 3.05) is 0 Å². The molecule has 0 unspecified atom stereocenters. The molecule has 0 rings (SSSR count). The number of unbranched alkanes of at least 4 members (excludes halogenated alkanes) is 6. The highest BCUT2D eigenvalue weighted by molar-refractivity contribution is 5.49. The Labute approximate surface area is 93.8 Å². The number of hydrogen-bond donors (Lipinski definition) is 0. The highest BCUT2D eigenvalue weighted by atomic mass is 16.1. The second kappa shape index (κ2) is 18.8. The fourth-order valence-corrected chi connectivity index (χ4v) is 1.27. The lowest BCUT2D eigenvalue weighted by atomic mass is 10.1. The lowest BCUT2D eigenvalue weighted by Crippen LogP contribution is -1.76. The normalized spacial score (nSPS) is 9.67. The van der Waals surface area contributed by atoms with Crippen molar-refractivity contribution in [3.8, 4) is 0 Å². The van der Waals surface area contributed by atoms with Gasteiger partial charge in [-0.3, -0.25) is 4.79 Å². The standard InChI is InChI=1S/C12H22O.CHO/c1-2-3-4-5-6-7-8-9-10-11-12-13;1-2/h8-9,12H,2-7,10-11H2,1H3;1H. The first-order chi connectivity index (χ1) is 7.41. The summed E-state index contributed by atoms with van der Waals surface area (Å²) in [6.45, 7) is 5.49. The minimum Gasteiger partial charge on any atom is -0.303 e. The quantitative estimate of drug-likeness (QED) is 0.332. The molecule has 1 radical (unpaired) electrons. The van der Waals surface area contributed by atoms with Crippen LogP contribution in [0.15, 0.2) is 12.2 Å². The van der Waals surface area contributed by atoms with Crippen LogP contribution in [0.1, 0.15) is 58.3 Å². The summed E-state index contributed by atoms with van der Waals surface area (Å²) in [6.07, 6.45) is 14.8. The van der Waals surface area contributed by atoms with E-state index in [-0.39, 0.29) is 0 Å². The third kappa shape index (κ3) is 19.5. The molecule has 0 heterocycles. The van der Waals surface area contributed by atoms with E-state index in [2.05, 4.69) is 25.9 Å². The maximum absolute atomic E-state index is 9.98. The van der Waals surface area contributed by atoms with Gasteiger partial charge in [0, 0.05) is 6.42 Å². The highest BCUT2D eigenvalue weighted by Gasteiger charge is 1.86. The van der Waals surface area contributed by atoms with Gasteiger partial charge in [-0.15, -0.1) is 0 Å². The van der Waals surface area contributed by atoms with Crippen LogP contribution in [0.2, 0.25) is 0 Å². The number of aldehydes is 1. The molecule has 15 heavy (non-hydrogen) atoms. The van der Waals surface area contributed by atoms with Crippen molar-refractivity contribution in [1.82, 2.24) is 0 Å². The Morgan fingerprint density at radius 3 is 2.07 bits per heavy atom. The van der Waals surface area contributed by atoms with Crippen LogP contribution >= 0.6 is 0 Å². The van der Waals surface area contributed by atoms with Gasteiger partial charge >= 0.3 is 0 Å². The number of allylic oxidation sites excluding steroid dienone is 2. The summed E-state index contributed by atoms with van der Waals surface area (Å²) in [5.41, 5.74) is 0. The van der Waals surface area contributed by atoms with Gasteiger partial charge in [0.25, 0.3) is 0 Å². The van der Waals surface area contributed by atoms with Crippen LogP contribution in [0.5, 0.6) is 0 Å². The molecule has 0 saturated heterocycles. The summed E-state index contributed by atoms with van der Waals surface area (Å²) in [5, 5.41) is 0. The molecule has 0 atom stereocenters. The van der Waals surface area contributed by atoms with E-state index in [1.807, 2.05) is 0 Å². The predicted molar refractivity (Wildman–Crippen MR) is 64.6 cm³/mol. The molecule has 0 aromatic carbocycles. The lowest BCUT2D eigenvalue weighted by Gasteiger charge is -1.95. The zero-order valence-electron chi connectivity index (χ0n) is 9.78. The van der Waals surface area contributed by atoms with Crippen LogP contribution in [0.3, 0.4) is 0 Å². The van der Waals surface area contributed by atoms with Gasteiger partial charge in [0.05, 0.1) is 0 Å². The fourth-order valence-electron chi connectivity index (χ4n) is 1.27. The Hall–Kier alpha value is -0.920. The first kappa shape index (κ1) is 16.5. The smallest absolute Gasteiger partial charge is 0.182 e. The van der Waals surface area contributed by atoms with Crippen LogP contribution in [-0.2, 0) is 9.59 Å². The first-order valence-electron chi connectivity index (χ1n) is 5.74. The Morgan fingerprint density at radius 1 is 0.867 bits per heavy atom. The zero-order chi connectivity index (χ0) is 11.8. The molecule has 0 amide bonds. The second-order valence-electron chi connectivity index (χ2n) is 3.42. The average molecular weight is 211 g/mol. The SMILES string of the molecule is CCCCCCCC=CCCC=O.[CH]=O. The van der Waals surface area contributed by atoms with Gasteiger partial charge in [0.2, 0.25) is 0 Å². The Bertz CT molecular complexity index is 141. The van der Waals surface area contributed by atoms with Crippen LogP contribution in [0.4, 0.5) is 0 Å². The molecule has 0 aliphatic carbocycles. The average Bonchev–Trinajstić information content (AvgIpc) is 2.30. The Kier molecular flexibility index (Phi) is 20.7. The minimum absolute atomic E-state index is 0.673. The van der Waals surface area contributed by atoms with E-state index < -0.39 is 0 Å². The molecule has 0 aromatic heterocycles. The van der Waals surface area contributed by atoms with E-state index in [4.69, 9.17) is 4.79 Å². The Balaban J connectivity index is 0. The molecule has 0 aromatic rings. The molecule has 87 valence electrons. The summed E-state index contributed by atoms with van der Waals surface area (Å²) in [4.78, 5) is 17.7. The first-order valence-corrected chi connectivity index (χ1v) is 5.74. The molecule has 0 aliphatic heterocycles. The summed E-state index contributed by atoms with van der Waals surface area (Å²) in [7, 11) is 0. The van der Waals surface area contributed by atoms with Gasteiger partial charge < -0.3 is 4.79 Å². The topological polar surface area (TPSA) is 34.1 Å². The second-order valence-corrected chi connectivity index (χ2v) is 3.42. The molecule has 0 spiro atoms. The maximum atomic E-state index is 9.98. The molecular weight excluding hydrogens is 188 g/mol. The molecular formula is C13H23O2. The van der Waals surface area contributed by atoms with Crippen molar-refractivity contribution in [1.29, 1.82) is 0 Å². The number of carbonyl (C=O) groups excluding carboxylic acids is 2. The number of hydrogen-bond acceptors (Lipinski definition) is 2. The van der Waals surface area contributed by atoms with Gasteiger partial charge in [-0.2, -0.15) is 0 Å².